The van der Waals surface area contributed by atoms with Crippen LogP contribution in [0.4, 0.5) is 13.2 Å². The van der Waals surface area contributed by atoms with E-state index in [0.29, 0.717) is 18.2 Å². The van der Waals surface area contributed by atoms with Gasteiger partial charge >= 0.3 is 6.18 Å². The zero-order valence-electron chi connectivity index (χ0n) is 21.3. The summed E-state index contributed by atoms with van der Waals surface area (Å²) in [7, 11) is 0. The van der Waals surface area contributed by atoms with Gasteiger partial charge in [-0.15, -0.1) is 0 Å². The highest BCUT2D eigenvalue weighted by Gasteiger charge is 2.33. The first kappa shape index (κ1) is 25.3. The van der Waals surface area contributed by atoms with Crippen molar-refractivity contribution in [1.82, 2.24) is 14.5 Å². The third-order valence-electron chi connectivity index (χ3n) is 7.26. The van der Waals surface area contributed by atoms with E-state index < -0.39 is 11.7 Å². The van der Waals surface area contributed by atoms with Gasteiger partial charge in [-0.25, -0.2) is 4.98 Å². The number of benzene rings is 3. The molecule has 1 aliphatic rings. The van der Waals surface area contributed by atoms with Crippen molar-refractivity contribution < 1.29 is 17.9 Å². The third-order valence-corrected chi connectivity index (χ3v) is 7.26. The molecule has 5 rings (SSSR count). The van der Waals surface area contributed by atoms with Crippen molar-refractivity contribution >= 4 is 11.0 Å². The highest BCUT2D eigenvalue weighted by molar-refractivity contribution is 5.82. The maximum Gasteiger partial charge on any atom is 0.416 e. The lowest BCUT2D eigenvalue weighted by molar-refractivity contribution is -0.138. The molecule has 0 saturated carbocycles. The highest BCUT2D eigenvalue weighted by atomic mass is 19.4. The van der Waals surface area contributed by atoms with Gasteiger partial charge in [0.15, 0.2) is 0 Å². The fraction of sp³-hybridized carbons (Fsp3) is 0.367. The van der Waals surface area contributed by atoms with Crippen molar-refractivity contribution in [3.05, 3.63) is 82.9 Å². The highest BCUT2D eigenvalue weighted by Crippen LogP contribution is 2.35. The first-order chi connectivity index (χ1) is 17.8. The normalized spacial score (nSPS) is 14.8. The Morgan fingerprint density at radius 3 is 2.43 bits per heavy atom. The summed E-state index contributed by atoms with van der Waals surface area (Å²) in [4.78, 5) is 7.27. The summed E-state index contributed by atoms with van der Waals surface area (Å²) in [5.74, 6) is 1.34. The van der Waals surface area contributed by atoms with Crippen LogP contribution in [0.3, 0.4) is 0 Å². The zero-order chi connectivity index (χ0) is 26.0. The Bertz CT molecular complexity index is 1390. The van der Waals surface area contributed by atoms with Gasteiger partial charge in [-0.2, -0.15) is 13.2 Å². The van der Waals surface area contributed by atoms with Crippen LogP contribution in [0.2, 0.25) is 0 Å². The van der Waals surface area contributed by atoms with Crippen LogP contribution < -0.4 is 4.74 Å². The van der Waals surface area contributed by atoms with E-state index in [-0.39, 0.29) is 12.1 Å². The maximum atomic E-state index is 13.8. The van der Waals surface area contributed by atoms with E-state index in [0.717, 1.165) is 53.4 Å². The predicted octanol–water partition coefficient (Wildman–Crippen LogP) is 7.25. The summed E-state index contributed by atoms with van der Waals surface area (Å²) in [6, 6.07) is 17.5. The minimum atomic E-state index is -4.43. The fourth-order valence-corrected chi connectivity index (χ4v) is 5.03. The van der Waals surface area contributed by atoms with Gasteiger partial charge in [0.2, 0.25) is 0 Å². The Balaban J connectivity index is 1.52. The van der Waals surface area contributed by atoms with E-state index in [2.05, 4.69) is 4.90 Å². The number of nitrogens with zero attached hydrogens (tertiary/aromatic N) is 3. The van der Waals surface area contributed by atoms with Crippen LogP contribution in [-0.2, 0) is 12.7 Å². The minimum Gasteiger partial charge on any atom is -0.492 e. The van der Waals surface area contributed by atoms with E-state index >= 15 is 0 Å². The molecule has 2 heterocycles. The molecule has 7 heteroatoms. The molecule has 0 unspecified atom stereocenters. The second-order valence-electron chi connectivity index (χ2n) is 9.88. The molecule has 4 aromatic rings. The molecule has 3 aromatic carbocycles. The quantitative estimate of drug-likeness (QED) is 0.264. The molecule has 37 heavy (non-hydrogen) atoms. The molecular formula is C30H32F3N3O. The number of halogens is 3. The smallest absolute Gasteiger partial charge is 0.416 e. The molecule has 0 bridgehead atoms. The van der Waals surface area contributed by atoms with Gasteiger partial charge in [0.1, 0.15) is 18.2 Å². The monoisotopic (exact) mass is 507 g/mol. The van der Waals surface area contributed by atoms with Crippen molar-refractivity contribution in [3.63, 3.8) is 0 Å². The van der Waals surface area contributed by atoms with Crippen LogP contribution in [0.5, 0.6) is 5.75 Å². The van der Waals surface area contributed by atoms with E-state index in [1.165, 1.54) is 31.4 Å². The molecule has 0 amide bonds. The lowest BCUT2D eigenvalue weighted by Gasteiger charge is -2.26. The van der Waals surface area contributed by atoms with Crippen molar-refractivity contribution in [3.8, 4) is 17.1 Å². The Kier molecular flexibility index (Phi) is 7.24. The maximum absolute atomic E-state index is 13.8. The Morgan fingerprint density at radius 2 is 1.68 bits per heavy atom. The molecule has 0 N–H and O–H groups in total. The van der Waals surface area contributed by atoms with Gasteiger partial charge in [0.25, 0.3) is 0 Å². The molecule has 1 aliphatic heterocycles. The fourth-order valence-electron chi connectivity index (χ4n) is 5.03. The number of ether oxygens (including phenoxy) is 1. The standard InChI is InChI=1S/C30H32F3N3O/c1-21-10-11-23(18-22(21)2)29-34-27-13-12-25(37-17-16-35-14-6-3-7-15-35)19-28(27)36(29)20-24-8-4-5-9-26(24)30(31,32)33/h4-5,8-13,18-19H,3,6-7,14-17,20H2,1-2H3. The van der Waals surface area contributed by atoms with Gasteiger partial charge in [-0.1, -0.05) is 36.8 Å². The largest absolute Gasteiger partial charge is 0.492 e. The molecule has 4 nitrogen and oxygen atoms in total. The number of piperidine rings is 1. The first-order valence-corrected chi connectivity index (χ1v) is 12.9. The Morgan fingerprint density at radius 1 is 0.892 bits per heavy atom. The number of rotatable bonds is 7. The van der Waals surface area contributed by atoms with Gasteiger partial charge in [-0.05, 0) is 80.7 Å². The van der Waals surface area contributed by atoms with Crippen molar-refractivity contribution in [2.75, 3.05) is 26.2 Å². The van der Waals surface area contributed by atoms with E-state index in [1.54, 1.807) is 6.07 Å². The van der Waals surface area contributed by atoms with Crippen molar-refractivity contribution in [2.45, 2.75) is 45.8 Å². The number of hydrogen-bond acceptors (Lipinski definition) is 3. The second kappa shape index (κ2) is 10.6. The van der Waals surface area contributed by atoms with Crippen molar-refractivity contribution in [2.24, 2.45) is 0 Å². The first-order valence-electron chi connectivity index (χ1n) is 12.9. The summed E-state index contributed by atoms with van der Waals surface area (Å²) in [6.07, 6.45) is -0.688. The van der Waals surface area contributed by atoms with Crippen LogP contribution in [-0.4, -0.2) is 40.7 Å². The summed E-state index contributed by atoms with van der Waals surface area (Å²) < 4.78 is 49.4. The number of aromatic nitrogens is 2. The lowest BCUT2D eigenvalue weighted by atomic mass is 10.0. The topological polar surface area (TPSA) is 30.3 Å². The molecular weight excluding hydrogens is 475 g/mol. The summed E-state index contributed by atoms with van der Waals surface area (Å²) in [5.41, 5.74) is 4.18. The van der Waals surface area contributed by atoms with Gasteiger partial charge in [0, 0.05) is 18.2 Å². The number of fused-ring (bicyclic) bond motifs is 1. The molecule has 0 aliphatic carbocycles. The van der Waals surface area contributed by atoms with Gasteiger partial charge in [0.05, 0.1) is 23.1 Å². The van der Waals surface area contributed by atoms with Gasteiger partial charge < -0.3 is 9.30 Å². The molecule has 0 spiro atoms. The Hall–Kier alpha value is -3.32. The average molecular weight is 508 g/mol. The van der Waals surface area contributed by atoms with Crippen LogP contribution in [0.25, 0.3) is 22.4 Å². The van der Waals surface area contributed by atoms with E-state index in [1.807, 2.05) is 54.8 Å². The number of likely N-dealkylation sites (tertiary alicyclic amines) is 1. The number of imidazole rings is 1. The molecule has 1 aromatic heterocycles. The second-order valence-corrected chi connectivity index (χ2v) is 9.88. The number of hydrogen-bond donors (Lipinski definition) is 0. The number of alkyl halides is 3. The van der Waals surface area contributed by atoms with E-state index in [9.17, 15) is 13.2 Å². The third kappa shape index (κ3) is 5.67. The molecule has 1 fully saturated rings. The average Bonchev–Trinajstić information content (AvgIpc) is 3.23. The number of aryl methyl sites for hydroxylation is 2. The molecule has 0 radical (unpaired) electrons. The zero-order valence-corrected chi connectivity index (χ0v) is 21.3. The minimum absolute atomic E-state index is 0.0473. The molecule has 1 saturated heterocycles. The van der Waals surface area contributed by atoms with Crippen LogP contribution in [0, 0.1) is 13.8 Å². The predicted molar refractivity (Wildman–Crippen MR) is 141 cm³/mol. The summed E-state index contributed by atoms with van der Waals surface area (Å²) >= 11 is 0. The lowest BCUT2D eigenvalue weighted by Crippen LogP contribution is -2.33. The SMILES string of the molecule is Cc1ccc(-c2nc3ccc(OCCN4CCCCC4)cc3n2Cc2ccccc2C(F)(F)F)cc1C. The summed E-state index contributed by atoms with van der Waals surface area (Å²) in [6.45, 7) is 7.75. The van der Waals surface area contributed by atoms with Crippen LogP contribution >= 0.6 is 0 Å². The van der Waals surface area contributed by atoms with Crippen molar-refractivity contribution in [1.29, 1.82) is 0 Å². The summed E-state index contributed by atoms with van der Waals surface area (Å²) in [5, 5.41) is 0. The molecule has 0 atom stereocenters. The van der Waals surface area contributed by atoms with Crippen LogP contribution in [0.15, 0.2) is 60.7 Å². The molecule has 194 valence electrons. The van der Waals surface area contributed by atoms with Crippen LogP contribution in [0.1, 0.15) is 41.5 Å². The van der Waals surface area contributed by atoms with Gasteiger partial charge in [-0.3, -0.25) is 4.90 Å². The van der Waals surface area contributed by atoms with E-state index in [4.69, 9.17) is 9.72 Å². The Labute approximate surface area is 215 Å².